The third-order valence-electron chi connectivity index (χ3n) is 8.60. The number of aryl methyl sites for hydroxylation is 1. The predicted octanol–water partition coefficient (Wildman–Crippen LogP) is 6.67. The number of nitrogens with zero attached hydrogens (tertiary/aromatic N) is 6. The Morgan fingerprint density at radius 1 is 1.11 bits per heavy atom. The predicted molar refractivity (Wildman–Crippen MR) is 202 cm³/mol. The number of fused-ring (bicyclic) bond motifs is 1. The molecule has 14 heteroatoms. The number of ether oxygens (including phenoxy) is 2. The van der Waals surface area contributed by atoms with Gasteiger partial charge in [-0.05, 0) is 60.5 Å². The fraction of sp³-hybridized carbons (Fsp3) is 0.256. The number of aliphatic hydroxyl groups excluding tert-OH is 1. The number of morpholine rings is 1. The maximum atomic E-state index is 12.4. The molecule has 0 spiro atoms. The van der Waals surface area contributed by atoms with Gasteiger partial charge in [-0.1, -0.05) is 18.2 Å². The molecule has 1 aliphatic carbocycles. The summed E-state index contributed by atoms with van der Waals surface area (Å²) in [5.74, 6) is 0.870. The third-order valence-corrected chi connectivity index (χ3v) is 8.60. The van der Waals surface area contributed by atoms with E-state index in [9.17, 15) is 14.3 Å². The smallest absolute Gasteiger partial charge is 0.260 e. The van der Waals surface area contributed by atoms with Gasteiger partial charge in [0.25, 0.3) is 5.91 Å². The summed E-state index contributed by atoms with van der Waals surface area (Å²) in [5, 5.41) is 20.0. The summed E-state index contributed by atoms with van der Waals surface area (Å²) in [4.78, 5) is 27.5. The van der Waals surface area contributed by atoms with Gasteiger partial charge in [-0.15, -0.1) is 0 Å². The Balaban J connectivity index is 0.000000468. The van der Waals surface area contributed by atoms with E-state index in [-0.39, 0.29) is 17.3 Å². The van der Waals surface area contributed by atoms with Gasteiger partial charge in [-0.2, -0.15) is 5.10 Å². The molecular formula is C39H41FN8O5. The van der Waals surface area contributed by atoms with Crippen molar-refractivity contribution in [1.29, 1.82) is 0 Å². The van der Waals surface area contributed by atoms with E-state index >= 15 is 0 Å². The fourth-order valence-corrected chi connectivity index (χ4v) is 6.01. The number of hydrogen-bond acceptors (Lipinski definition) is 11. The Morgan fingerprint density at radius 2 is 1.87 bits per heavy atom. The second-order valence-corrected chi connectivity index (χ2v) is 12.3. The molecule has 1 aliphatic heterocycles. The first-order chi connectivity index (χ1) is 25.8. The molecule has 7 rings (SSSR count). The van der Waals surface area contributed by atoms with E-state index < -0.39 is 5.91 Å². The van der Waals surface area contributed by atoms with Gasteiger partial charge in [0.05, 0.1) is 36.8 Å². The molecule has 0 radical (unpaired) electrons. The number of amides is 1. The van der Waals surface area contributed by atoms with Crippen molar-refractivity contribution in [3.63, 3.8) is 0 Å². The molecular weight excluding hydrogens is 679 g/mol. The van der Waals surface area contributed by atoms with E-state index in [1.54, 1.807) is 54.3 Å². The normalized spacial score (nSPS) is 16.3. The molecule has 0 saturated carbocycles. The Kier molecular flexibility index (Phi) is 12.0. The van der Waals surface area contributed by atoms with Crippen molar-refractivity contribution in [3.8, 4) is 23.0 Å². The number of anilines is 2. The number of halogens is 1. The van der Waals surface area contributed by atoms with Crippen LogP contribution in [0.15, 0.2) is 112 Å². The summed E-state index contributed by atoms with van der Waals surface area (Å²) >= 11 is 0. The molecule has 2 aliphatic rings. The lowest BCUT2D eigenvalue weighted by Crippen LogP contribution is -2.37. The minimum Gasteiger partial charge on any atom is -0.515 e. The lowest BCUT2D eigenvalue weighted by molar-refractivity contribution is -0.112. The molecule has 274 valence electrons. The minimum absolute atomic E-state index is 0.00105. The van der Waals surface area contributed by atoms with E-state index in [4.69, 9.17) is 13.9 Å². The number of nitrogens with one attached hydrogen (secondary N) is 2. The molecule has 53 heavy (non-hydrogen) atoms. The van der Waals surface area contributed by atoms with Crippen molar-refractivity contribution in [2.45, 2.75) is 12.3 Å². The number of rotatable bonds is 10. The number of aliphatic hydroxyl groups is 1. The Morgan fingerprint density at radius 3 is 2.55 bits per heavy atom. The molecule has 3 N–H and O–H groups in total. The second-order valence-electron chi connectivity index (χ2n) is 12.3. The zero-order valence-electron chi connectivity index (χ0n) is 29.7. The number of carbonyl (C=O) groups excluding carboxylic acids is 1. The molecule has 13 nitrogen and oxygen atoms in total. The van der Waals surface area contributed by atoms with Crippen LogP contribution in [0.5, 0.6) is 11.6 Å². The van der Waals surface area contributed by atoms with Gasteiger partial charge in [0.1, 0.15) is 29.0 Å². The van der Waals surface area contributed by atoms with E-state index in [0.29, 0.717) is 40.4 Å². The van der Waals surface area contributed by atoms with Crippen molar-refractivity contribution >= 4 is 34.6 Å². The van der Waals surface area contributed by atoms with E-state index in [2.05, 4.69) is 53.8 Å². The highest BCUT2D eigenvalue weighted by Gasteiger charge is 2.28. The van der Waals surface area contributed by atoms with Crippen molar-refractivity contribution < 1.29 is 28.2 Å². The summed E-state index contributed by atoms with van der Waals surface area (Å²) in [6, 6.07) is 13.1. The standard InChI is InChI=1S/C32H33N7O5.C7H8FN/c1-33-15-24(19-40)30(41)37-25-6-8-26(9-7-25)43-31-28-27(22-5-3-4-21(14-22)17-39-10-12-42-13-11-39)29(23-16-36-38(2)18-23)44-32(28)35-20-34-31;1-9-7-4-2-6(8)3-5-7/h3-4,6-9,14-16,18-20,22,40H,5,10-13,17H2,1-2H3,(H,37,41);2-5,9H,1H3/b24-19-,33-15?;. The molecule has 1 unspecified atom stereocenters. The number of benzene rings is 2. The minimum atomic E-state index is -0.488. The van der Waals surface area contributed by atoms with Crippen molar-refractivity contribution in [1.82, 2.24) is 24.6 Å². The molecule has 1 amide bonds. The quantitative estimate of drug-likeness (QED) is 0.0811. The summed E-state index contributed by atoms with van der Waals surface area (Å²) in [6.45, 7) is 4.16. The van der Waals surface area contributed by atoms with Crippen molar-refractivity contribution in [3.05, 3.63) is 114 Å². The highest BCUT2D eigenvalue weighted by atomic mass is 19.1. The zero-order chi connectivity index (χ0) is 37.2. The number of aromatic nitrogens is 4. The van der Waals surface area contributed by atoms with Gasteiger partial charge < -0.3 is 29.6 Å². The van der Waals surface area contributed by atoms with Crippen molar-refractivity contribution in [2.75, 3.05) is 57.6 Å². The van der Waals surface area contributed by atoms with Crippen LogP contribution >= 0.6 is 0 Å². The van der Waals surface area contributed by atoms with Crippen molar-refractivity contribution in [2.24, 2.45) is 12.0 Å². The second kappa shape index (κ2) is 17.4. The lowest BCUT2D eigenvalue weighted by atomic mass is 9.87. The number of hydrogen-bond donors (Lipinski definition) is 3. The van der Waals surface area contributed by atoms with Gasteiger partial charge in [-0.25, -0.2) is 14.4 Å². The lowest BCUT2D eigenvalue weighted by Gasteiger charge is -2.28. The van der Waals surface area contributed by atoms with Gasteiger partial charge in [0.15, 0.2) is 0 Å². The summed E-state index contributed by atoms with van der Waals surface area (Å²) < 4.78 is 32.2. The SMILES string of the molecule is CN=C/C(=C/O)C(=O)Nc1ccc(Oc2ncnc3oc(-c4cnn(C)c4)c(C4C=C(CN5CCOCC5)C=CC4)c23)cc1.CNc1ccc(F)cc1. The van der Waals surface area contributed by atoms with Crippen LogP contribution < -0.4 is 15.4 Å². The number of allylic oxidation sites excluding steroid dienone is 2. The first-order valence-electron chi connectivity index (χ1n) is 17.1. The molecule has 3 aromatic heterocycles. The topological polar surface area (TPSA) is 152 Å². The summed E-state index contributed by atoms with van der Waals surface area (Å²) in [6.07, 6.45) is 14.6. The molecule has 0 bridgehead atoms. The van der Waals surface area contributed by atoms with Crippen LogP contribution in [-0.2, 0) is 16.6 Å². The van der Waals surface area contributed by atoms with Gasteiger partial charge in [0, 0.05) is 76.0 Å². The van der Waals surface area contributed by atoms with E-state index in [1.165, 1.54) is 37.3 Å². The molecule has 1 fully saturated rings. The van der Waals surface area contributed by atoms with Crippen LogP contribution in [0.1, 0.15) is 17.9 Å². The first kappa shape index (κ1) is 36.7. The van der Waals surface area contributed by atoms with E-state index in [0.717, 1.165) is 56.1 Å². The molecule has 5 aromatic rings. The van der Waals surface area contributed by atoms with Crippen LogP contribution in [0.25, 0.3) is 22.4 Å². The average Bonchev–Trinajstić information content (AvgIpc) is 3.80. The molecule has 4 heterocycles. The number of carbonyl (C=O) groups is 1. The maximum absolute atomic E-state index is 12.4. The molecule has 1 saturated heterocycles. The number of furan rings is 1. The Bertz CT molecular complexity index is 2130. The van der Waals surface area contributed by atoms with Gasteiger partial charge in [-0.3, -0.25) is 19.4 Å². The monoisotopic (exact) mass is 720 g/mol. The maximum Gasteiger partial charge on any atom is 0.260 e. The average molecular weight is 721 g/mol. The first-order valence-corrected chi connectivity index (χ1v) is 17.1. The zero-order valence-corrected chi connectivity index (χ0v) is 29.7. The molecule has 2 aromatic carbocycles. The van der Waals surface area contributed by atoms with Crippen LogP contribution in [0, 0.1) is 5.82 Å². The largest absolute Gasteiger partial charge is 0.515 e. The molecule has 1 atom stereocenters. The Hall–Kier alpha value is -6.12. The highest BCUT2D eigenvalue weighted by Crippen LogP contribution is 2.44. The van der Waals surface area contributed by atoms with Crippen LogP contribution in [0.2, 0.25) is 0 Å². The fourth-order valence-electron chi connectivity index (χ4n) is 6.01. The van der Waals surface area contributed by atoms with Crippen LogP contribution in [-0.4, -0.2) is 88.8 Å². The van der Waals surface area contributed by atoms with Gasteiger partial charge in [0.2, 0.25) is 11.6 Å². The third kappa shape index (κ3) is 9.22. The van der Waals surface area contributed by atoms with Gasteiger partial charge >= 0.3 is 0 Å². The Labute approximate surface area is 306 Å². The summed E-state index contributed by atoms with van der Waals surface area (Å²) in [7, 11) is 5.19. The number of aliphatic imine (C=N–C) groups is 1. The summed E-state index contributed by atoms with van der Waals surface area (Å²) in [5.41, 5.74) is 4.92. The van der Waals surface area contributed by atoms with Crippen LogP contribution in [0.3, 0.4) is 0 Å². The van der Waals surface area contributed by atoms with E-state index in [1.807, 2.05) is 13.2 Å². The highest BCUT2D eigenvalue weighted by molar-refractivity contribution is 6.17. The van der Waals surface area contributed by atoms with Crippen LogP contribution in [0.4, 0.5) is 15.8 Å².